The van der Waals surface area contributed by atoms with Gasteiger partial charge < -0.3 is 15.0 Å². The Morgan fingerprint density at radius 3 is 2.88 bits per heavy atom. The molecular formula is C19H21BrN2O2. The molecule has 2 aromatic rings. The highest BCUT2D eigenvalue weighted by molar-refractivity contribution is 9.10. The molecule has 1 saturated heterocycles. The minimum Gasteiger partial charge on any atom is -0.495 e. The average Bonchev–Trinajstić information content (AvgIpc) is 2.62. The van der Waals surface area contributed by atoms with E-state index < -0.39 is 0 Å². The maximum Gasteiger partial charge on any atom is 0.251 e. The molecule has 2 aromatic carbocycles. The van der Waals surface area contributed by atoms with Gasteiger partial charge in [-0.15, -0.1) is 0 Å². The van der Waals surface area contributed by atoms with Gasteiger partial charge in [-0.05, 0) is 43.2 Å². The number of benzene rings is 2. The Balaban J connectivity index is 1.68. The van der Waals surface area contributed by atoms with Crippen LogP contribution in [-0.4, -0.2) is 32.1 Å². The molecule has 0 saturated carbocycles. The molecule has 5 heteroatoms. The van der Waals surface area contributed by atoms with Gasteiger partial charge in [-0.3, -0.25) is 4.79 Å². The van der Waals surface area contributed by atoms with E-state index in [1.54, 1.807) is 7.11 Å². The number of hydrogen-bond donors (Lipinski definition) is 1. The van der Waals surface area contributed by atoms with E-state index in [1.165, 1.54) is 0 Å². The fourth-order valence-electron chi connectivity index (χ4n) is 3.10. The molecule has 3 rings (SSSR count). The van der Waals surface area contributed by atoms with E-state index in [2.05, 4.69) is 32.2 Å². The summed E-state index contributed by atoms with van der Waals surface area (Å²) < 4.78 is 6.37. The van der Waals surface area contributed by atoms with Gasteiger partial charge >= 0.3 is 0 Å². The molecule has 0 aliphatic carbocycles. The third-order valence-electron chi connectivity index (χ3n) is 4.27. The number of rotatable bonds is 4. The summed E-state index contributed by atoms with van der Waals surface area (Å²) in [5.41, 5.74) is 1.76. The zero-order valence-corrected chi connectivity index (χ0v) is 15.3. The molecule has 0 spiro atoms. The summed E-state index contributed by atoms with van der Waals surface area (Å²) in [7, 11) is 1.69. The number of hydrogen-bond acceptors (Lipinski definition) is 3. The highest BCUT2D eigenvalue weighted by atomic mass is 79.9. The lowest BCUT2D eigenvalue weighted by atomic mass is 10.0. The molecular weight excluding hydrogens is 368 g/mol. The van der Waals surface area contributed by atoms with E-state index in [0.717, 1.165) is 41.8 Å². The highest BCUT2D eigenvalue weighted by Gasteiger charge is 2.23. The first-order chi connectivity index (χ1) is 11.7. The lowest BCUT2D eigenvalue weighted by Gasteiger charge is -2.35. The summed E-state index contributed by atoms with van der Waals surface area (Å²) in [6, 6.07) is 15.6. The van der Waals surface area contributed by atoms with Crippen LogP contribution >= 0.6 is 15.9 Å². The number of carbonyl (C=O) groups excluding carboxylic acids is 1. The predicted molar refractivity (Wildman–Crippen MR) is 99.8 cm³/mol. The third-order valence-corrected chi connectivity index (χ3v) is 4.76. The Bertz CT molecular complexity index is 720. The molecule has 0 aromatic heterocycles. The summed E-state index contributed by atoms with van der Waals surface area (Å²) in [5, 5.41) is 3.16. The van der Waals surface area contributed by atoms with Crippen LogP contribution in [0.2, 0.25) is 0 Å². The fourth-order valence-corrected chi connectivity index (χ4v) is 3.50. The molecule has 1 N–H and O–H groups in total. The van der Waals surface area contributed by atoms with Crippen molar-refractivity contribution in [1.82, 2.24) is 5.32 Å². The minimum absolute atomic E-state index is 0.0248. The van der Waals surface area contributed by atoms with Gasteiger partial charge in [0.25, 0.3) is 5.91 Å². The molecule has 4 nitrogen and oxygen atoms in total. The molecule has 1 fully saturated rings. The zero-order chi connectivity index (χ0) is 16.9. The van der Waals surface area contributed by atoms with Crippen molar-refractivity contribution < 1.29 is 9.53 Å². The van der Waals surface area contributed by atoms with Crippen molar-refractivity contribution in [2.45, 2.75) is 18.9 Å². The van der Waals surface area contributed by atoms with Gasteiger partial charge in [0, 0.05) is 29.2 Å². The molecule has 1 aliphatic heterocycles. The standard InChI is InChI=1S/C19H21BrN2O2/c1-24-18-10-3-2-9-17(18)22-11-5-8-16(13-22)21-19(23)14-6-4-7-15(20)12-14/h2-4,6-7,9-10,12,16H,5,8,11,13H2,1H3,(H,21,23). The molecule has 1 amide bonds. The molecule has 0 radical (unpaired) electrons. The number of halogens is 1. The van der Waals surface area contributed by atoms with Crippen molar-refractivity contribution in [1.29, 1.82) is 0 Å². The number of methoxy groups -OCH3 is 1. The maximum absolute atomic E-state index is 12.5. The van der Waals surface area contributed by atoms with Gasteiger partial charge in [0.15, 0.2) is 0 Å². The van der Waals surface area contributed by atoms with Crippen LogP contribution < -0.4 is 15.0 Å². The summed E-state index contributed by atoms with van der Waals surface area (Å²) in [5.74, 6) is 0.847. The first kappa shape index (κ1) is 16.8. The smallest absolute Gasteiger partial charge is 0.251 e. The second-order valence-corrected chi connectivity index (χ2v) is 6.86. The second-order valence-electron chi connectivity index (χ2n) is 5.94. The first-order valence-electron chi connectivity index (χ1n) is 8.12. The normalized spacial score (nSPS) is 17.4. The highest BCUT2D eigenvalue weighted by Crippen LogP contribution is 2.29. The lowest BCUT2D eigenvalue weighted by molar-refractivity contribution is 0.0933. The van der Waals surface area contributed by atoms with E-state index in [9.17, 15) is 4.79 Å². The Kier molecular flexibility index (Phi) is 5.41. The molecule has 126 valence electrons. The topological polar surface area (TPSA) is 41.6 Å². The molecule has 24 heavy (non-hydrogen) atoms. The molecule has 1 atom stereocenters. The second kappa shape index (κ2) is 7.71. The molecule has 1 aliphatic rings. The van der Waals surface area contributed by atoms with Crippen molar-refractivity contribution in [3.05, 3.63) is 58.6 Å². The third kappa shape index (κ3) is 3.90. The van der Waals surface area contributed by atoms with Crippen LogP contribution in [0.25, 0.3) is 0 Å². The van der Waals surface area contributed by atoms with Gasteiger partial charge in [-0.2, -0.15) is 0 Å². The molecule has 1 unspecified atom stereocenters. The average molecular weight is 389 g/mol. The van der Waals surface area contributed by atoms with Crippen LogP contribution in [0, 0.1) is 0 Å². The van der Waals surface area contributed by atoms with Crippen LogP contribution in [0.5, 0.6) is 5.75 Å². The number of anilines is 1. The van der Waals surface area contributed by atoms with Crippen molar-refractivity contribution >= 4 is 27.5 Å². The number of para-hydroxylation sites is 2. The molecule has 1 heterocycles. The van der Waals surface area contributed by atoms with Crippen LogP contribution in [0.1, 0.15) is 23.2 Å². The van der Waals surface area contributed by atoms with E-state index >= 15 is 0 Å². The Hall–Kier alpha value is -2.01. The number of nitrogens with one attached hydrogen (secondary N) is 1. The Morgan fingerprint density at radius 2 is 2.08 bits per heavy atom. The SMILES string of the molecule is COc1ccccc1N1CCCC(NC(=O)c2cccc(Br)c2)C1. The summed E-state index contributed by atoms with van der Waals surface area (Å²) in [4.78, 5) is 14.7. The van der Waals surface area contributed by atoms with Gasteiger partial charge in [0.05, 0.1) is 12.8 Å². The van der Waals surface area contributed by atoms with Crippen LogP contribution in [-0.2, 0) is 0 Å². The van der Waals surface area contributed by atoms with Crippen molar-refractivity contribution in [3.63, 3.8) is 0 Å². The Morgan fingerprint density at radius 1 is 1.25 bits per heavy atom. The maximum atomic E-state index is 12.5. The monoisotopic (exact) mass is 388 g/mol. The van der Waals surface area contributed by atoms with Gasteiger partial charge in [0.1, 0.15) is 5.75 Å². The van der Waals surface area contributed by atoms with Crippen molar-refractivity contribution in [2.75, 3.05) is 25.1 Å². The van der Waals surface area contributed by atoms with Gasteiger partial charge in [0.2, 0.25) is 0 Å². The zero-order valence-electron chi connectivity index (χ0n) is 13.7. The molecule has 0 bridgehead atoms. The van der Waals surface area contributed by atoms with E-state index in [4.69, 9.17) is 4.74 Å². The van der Waals surface area contributed by atoms with E-state index in [-0.39, 0.29) is 11.9 Å². The van der Waals surface area contributed by atoms with Crippen LogP contribution in [0.4, 0.5) is 5.69 Å². The minimum atomic E-state index is -0.0248. The number of amides is 1. The van der Waals surface area contributed by atoms with Gasteiger partial charge in [-0.1, -0.05) is 34.1 Å². The predicted octanol–water partition coefficient (Wildman–Crippen LogP) is 3.86. The number of ether oxygens (including phenoxy) is 1. The van der Waals surface area contributed by atoms with Crippen molar-refractivity contribution in [3.8, 4) is 5.75 Å². The van der Waals surface area contributed by atoms with Crippen LogP contribution in [0.15, 0.2) is 53.0 Å². The van der Waals surface area contributed by atoms with E-state index in [0.29, 0.717) is 5.56 Å². The number of piperidine rings is 1. The summed E-state index contributed by atoms with van der Waals surface area (Å²) >= 11 is 3.41. The number of carbonyl (C=O) groups is 1. The largest absolute Gasteiger partial charge is 0.495 e. The summed E-state index contributed by atoms with van der Waals surface area (Å²) in [6.45, 7) is 1.77. The van der Waals surface area contributed by atoms with Crippen LogP contribution in [0.3, 0.4) is 0 Å². The van der Waals surface area contributed by atoms with Crippen molar-refractivity contribution in [2.24, 2.45) is 0 Å². The van der Waals surface area contributed by atoms with Gasteiger partial charge in [-0.25, -0.2) is 0 Å². The first-order valence-corrected chi connectivity index (χ1v) is 8.91. The quantitative estimate of drug-likeness (QED) is 0.864. The Labute approximate surface area is 150 Å². The lowest BCUT2D eigenvalue weighted by Crippen LogP contribution is -2.47. The number of nitrogens with zero attached hydrogens (tertiary/aromatic N) is 1. The summed E-state index contributed by atoms with van der Waals surface area (Å²) in [6.07, 6.45) is 2.03. The van der Waals surface area contributed by atoms with E-state index in [1.807, 2.05) is 42.5 Å². The fraction of sp³-hybridized carbons (Fsp3) is 0.316.